The van der Waals surface area contributed by atoms with Gasteiger partial charge in [0.2, 0.25) is 5.75 Å². The molecule has 0 saturated carbocycles. The SMILES string of the molecule is COc1c(-n2nnc(C(N)=O)n2)cc(S(=O)(=O)O)c([N+](=O)[O-])c1OC. The molecule has 2 aromatic rings. The van der Waals surface area contributed by atoms with Crippen LogP contribution in [0, 0.1) is 10.1 Å². The third-order valence-electron chi connectivity index (χ3n) is 2.87. The molecule has 0 aliphatic rings. The van der Waals surface area contributed by atoms with Crippen molar-refractivity contribution < 1.29 is 32.2 Å². The molecule has 0 aliphatic carbocycles. The summed E-state index contributed by atoms with van der Waals surface area (Å²) in [7, 11) is -2.90. The summed E-state index contributed by atoms with van der Waals surface area (Å²) in [6.45, 7) is 0. The Hall–Kier alpha value is -3.33. The smallest absolute Gasteiger partial charge is 0.336 e. The molecule has 25 heavy (non-hydrogen) atoms. The monoisotopic (exact) mass is 374 g/mol. The van der Waals surface area contributed by atoms with Crippen molar-refractivity contribution in [1.82, 2.24) is 20.2 Å². The highest BCUT2D eigenvalue weighted by Crippen LogP contribution is 2.45. The number of aromatic nitrogens is 4. The third-order valence-corrected chi connectivity index (χ3v) is 3.74. The minimum atomic E-state index is -5.03. The normalized spacial score (nSPS) is 11.2. The van der Waals surface area contributed by atoms with Crippen molar-refractivity contribution in [2.45, 2.75) is 4.90 Å². The van der Waals surface area contributed by atoms with Crippen LogP contribution in [0.4, 0.5) is 5.69 Å². The van der Waals surface area contributed by atoms with Gasteiger partial charge in [-0.25, -0.2) is 0 Å². The predicted molar refractivity (Wildman–Crippen MR) is 77.2 cm³/mol. The van der Waals surface area contributed by atoms with Gasteiger partial charge in [0.1, 0.15) is 5.69 Å². The molecule has 0 unspecified atom stereocenters. The number of hydrogen-bond donors (Lipinski definition) is 2. The molecule has 3 N–H and O–H groups in total. The number of amides is 1. The molecule has 0 bridgehead atoms. The number of nitro groups is 1. The zero-order valence-electron chi connectivity index (χ0n) is 12.6. The molecule has 1 aromatic heterocycles. The Kier molecular flexibility index (Phi) is 4.53. The maximum atomic E-state index is 11.5. The highest BCUT2D eigenvalue weighted by Gasteiger charge is 2.35. The number of hydrogen-bond acceptors (Lipinski definition) is 10. The first-order valence-corrected chi connectivity index (χ1v) is 7.56. The zero-order chi connectivity index (χ0) is 18.9. The van der Waals surface area contributed by atoms with E-state index in [-0.39, 0.29) is 11.4 Å². The molecule has 14 nitrogen and oxygen atoms in total. The molecular weight excluding hydrogens is 364 g/mol. The van der Waals surface area contributed by atoms with E-state index in [0.29, 0.717) is 10.9 Å². The Bertz CT molecular complexity index is 968. The summed E-state index contributed by atoms with van der Waals surface area (Å²) in [5.41, 5.74) is 3.63. The maximum Gasteiger partial charge on any atom is 0.336 e. The van der Waals surface area contributed by atoms with Crippen LogP contribution in [-0.2, 0) is 10.1 Å². The van der Waals surface area contributed by atoms with Crippen LogP contribution in [0.1, 0.15) is 10.6 Å². The van der Waals surface area contributed by atoms with Crippen molar-refractivity contribution in [1.29, 1.82) is 0 Å². The summed E-state index contributed by atoms with van der Waals surface area (Å²) < 4.78 is 42.2. The van der Waals surface area contributed by atoms with Gasteiger partial charge in [0.15, 0.2) is 10.6 Å². The van der Waals surface area contributed by atoms with Crippen molar-refractivity contribution >= 4 is 21.7 Å². The molecule has 2 rings (SSSR count). The van der Waals surface area contributed by atoms with E-state index in [1.54, 1.807) is 0 Å². The van der Waals surface area contributed by atoms with Crippen LogP contribution in [0.25, 0.3) is 5.69 Å². The summed E-state index contributed by atoms with van der Waals surface area (Å²) in [6.07, 6.45) is 0. The molecule has 1 aromatic carbocycles. The number of nitrogens with two attached hydrogens (primary N) is 1. The number of ether oxygens (including phenoxy) is 2. The first-order chi connectivity index (χ1) is 11.6. The van der Waals surface area contributed by atoms with Crippen LogP contribution >= 0.6 is 0 Å². The number of primary amides is 1. The highest BCUT2D eigenvalue weighted by molar-refractivity contribution is 7.86. The number of nitro benzene ring substituents is 1. The Morgan fingerprint density at radius 1 is 1.36 bits per heavy atom. The highest BCUT2D eigenvalue weighted by atomic mass is 32.2. The summed E-state index contributed by atoms with van der Waals surface area (Å²) in [5.74, 6) is -2.48. The lowest BCUT2D eigenvalue weighted by Gasteiger charge is -2.13. The van der Waals surface area contributed by atoms with Gasteiger partial charge in [0.25, 0.3) is 11.7 Å². The zero-order valence-corrected chi connectivity index (χ0v) is 13.4. The van der Waals surface area contributed by atoms with E-state index in [4.69, 9.17) is 15.2 Å². The van der Waals surface area contributed by atoms with Crippen molar-refractivity contribution in [2.24, 2.45) is 5.73 Å². The first-order valence-electron chi connectivity index (χ1n) is 6.12. The Balaban J connectivity index is 2.93. The Morgan fingerprint density at radius 3 is 2.36 bits per heavy atom. The van der Waals surface area contributed by atoms with E-state index in [9.17, 15) is 27.9 Å². The summed E-state index contributed by atoms with van der Waals surface area (Å²) in [5, 5.41) is 21.7. The lowest BCUT2D eigenvalue weighted by atomic mass is 10.2. The van der Waals surface area contributed by atoms with Gasteiger partial charge in [-0.3, -0.25) is 19.5 Å². The molecule has 0 aliphatic heterocycles. The van der Waals surface area contributed by atoms with Gasteiger partial charge in [-0.1, -0.05) is 0 Å². The Labute approximate surface area is 139 Å². The predicted octanol–water partition coefficient (Wildman–Crippen LogP) is -1.07. The average Bonchev–Trinajstić information content (AvgIpc) is 3.01. The van der Waals surface area contributed by atoms with Gasteiger partial charge >= 0.3 is 15.8 Å². The topological polar surface area (TPSA) is 203 Å². The lowest BCUT2D eigenvalue weighted by molar-refractivity contribution is -0.388. The van der Waals surface area contributed by atoms with E-state index in [1.807, 2.05) is 0 Å². The molecule has 1 amide bonds. The average molecular weight is 374 g/mol. The van der Waals surface area contributed by atoms with Gasteiger partial charge < -0.3 is 15.2 Å². The largest absolute Gasteiger partial charge is 0.491 e. The van der Waals surface area contributed by atoms with Crippen LogP contribution in [0.5, 0.6) is 11.5 Å². The number of nitrogens with zero attached hydrogens (tertiary/aromatic N) is 5. The second kappa shape index (κ2) is 6.29. The number of carbonyl (C=O) groups is 1. The van der Waals surface area contributed by atoms with Crippen molar-refractivity contribution in [2.75, 3.05) is 14.2 Å². The van der Waals surface area contributed by atoms with Gasteiger partial charge in [0, 0.05) is 0 Å². The number of rotatable bonds is 6. The molecule has 1 heterocycles. The van der Waals surface area contributed by atoms with Gasteiger partial charge in [-0.15, -0.1) is 15.0 Å². The van der Waals surface area contributed by atoms with E-state index in [0.717, 1.165) is 14.2 Å². The number of tetrazole rings is 1. The van der Waals surface area contributed by atoms with E-state index in [1.165, 1.54) is 0 Å². The molecule has 134 valence electrons. The maximum absolute atomic E-state index is 11.5. The van der Waals surface area contributed by atoms with Gasteiger partial charge in [0.05, 0.1) is 19.1 Å². The molecule has 0 spiro atoms. The molecule has 0 fully saturated rings. The van der Waals surface area contributed by atoms with Crippen LogP contribution in [-0.4, -0.2) is 58.2 Å². The number of benzene rings is 1. The fraction of sp³-hybridized carbons (Fsp3) is 0.200. The standard InChI is InChI=1S/C10H10N6O8S/c1-23-7-4(15-13-10(9(11)17)12-14-15)3-5(25(20,21)22)6(16(18)19)8(7)24-2/h3H,1-2H3,(H2,11,17)(H,20,21,22). The van der Waals surface area contributed by atoms with Gasteiger partial charge in [-0.05, 0) is 11.3 Å². The Morgan fingerprint density at radius 2 is 1.96 bits per heavy atom. The molecule has 15 heteroatoms. The lowest BCUT2D eigenvalue weighted by Crippen LogP contribution is -2.14. The van der Waals surface area contributed by atoms with Crippen LogP contribution in [0.3, 0.4) is 0 Å². The second-order valence-corrected chi connectivity index (χ2v) is 5.70. The van der Waals surface area contributed by atoms with Crippen molar-refractivity contribution in [3.63, 3.8) is 0 Å². The number of methoxy groups -OCH3 is 2. The van der Waals surface area contributed by atoms with Gasteiger partial charge in [-0.2, -0.15) is 8.42 Å². The summed E-state index contributed by atoms with van der Waals surface area (Å²) in [6, 6.07) is 0.668. The first kappa shape index (κ1) is 18.0. The summed E-state index contributed by atoms with van der Waals surface area (Å²) >= 11 is 0. The van der Waals surface area contributed by atoms with E-state index < -0.39 is 43.1 Å². The minimum absolute atomic E-state index is 0.308. The fourth-order valence-electron chi connectivity index (χ4n) is 1.91. The van der Waals surface area contributed by atoms with Crippen LogP contribution < -0.4 is 15.2 Å². The molecule has 0 radical (unpaired) electrons. The van der Waals surface area contributed by atoms with E-state index in [2.05, 4.69) is 15.4 Å². The van der Waals surface area contributed by atoms with Crippen LogP contribution in [0.15, 0.2) is 11.0 Å². The quantitative estimate of drug-likeness (QED) is 0.354. The summed E-state index contributed by atoms with van der Waals surface area (Å²) in [4.78, 5) is 20.8. The molecular formula is C10H10N6O8S. The number of carbonyl (C=O) groups excluding carboxylic acids is 1. The van der Waals surface area contributed by atoms with E-state index >= 15 is 0 Å². The van der Waals surface area contributed by atoms with Crippen molar-refractivity contribution in [3.05, 3.63) is 22.0 Å². The van der Waals surface area contributed by atoms with Crippen LogP contribution in [0.2, 0.25) is 0 Å². The molecule has 0 saturated heterocycles. The molecule has 0 atom stereocenters. The fourth-order valence-corrected chi connectivity index (χ4v) is 2.59. The second-order valence-electron chi connectivity index (χ2n) is 4.31. The van der Waals surface area contributed by atoms with Crippen molar-refractivity contribution in [3.8, 4) is 17.2 Å². The minimum Gasteiger partial charge on any atom is -0.491 e. The third kappa shape index (κ3) is 3.17.